The summed E-state index contributed by atoms with van der Waals surface area (Å²) in [6.07, 6.45) is 0. The second kappa shape index (κ2) is 4.64. The Labute approximate surface area is 119 Å². The average molecular weight is 288 g/mol. The molecule has 0 aliphatic rings. The lowest BCUT2D eigenvalue weighted by Crippen LogP contribution is -2.04. The van der Waals surface area contributed by atoms with Crippen LogP contribution < -0.4 is 4.74 Å². The smallest absolute Gasteiger partial charge is 0.354 e. The third-order valence-electron chi connectivity index (χ3n) is 3.13. The number of methoxy groups -OCH3 is 1. The fraction of sp³-hybridized carbons (Fsp3) is 0.143. The highest BCUT2D eigenvalue weighted by Gasteiger charge is 2.20. The molecule has 0 atom stereocenters. The molecular weight excluding hydrogens is 276 g/mol. The van der Waals surface area contributed by atoms with Gasteiger partial charge in [0.05, 0.1) is 18.5 Å². The zero-order valence-electron chi connectivity index (χ0n) is 11.0. The lowest BCUT2D eigenvalue weighted by atomic mass is 10.1. The van der Waals surface area contributed by atoms with E-state index in [2.05, 4.69) is 4.98 Å². The van der Waals surface area contributed by atoms with Crippen molar-refractivity contribution in [3.05, 3.63) is 41.0 Å². The quantitative estimate of drug-likeness (QED) is 0.804. The Bertz CT molecular complexity index is 787. The predicted molar refractivity (Wildman–Crippen MR) is 76.8 cm³/mol. The molecule has 0 spiro atoms. The van der Waals surface area contributed by atoms with Crippen LogP contribution in [0.1, 0.15) is 16.2 Å². The number of fused-ring (bicyclic) bond motifs is 1. The van der Waals surface area contributed by atoms with Crippen molar-refractivity contribution < 1.29 is 14.6 Å². The van der Waals surface area contributed by atoms with Gasteiger partial charge in [0.15, 0.2) is 10.7 Å². The minimum absolute atomic E-state index is 0.215. The van der Waals surface area contributed by atoms with Gasteiger partial charge in [-0.1, -0.05) is 0 Å². The Morgan fingerprint density at radius 2 is 2.05 bits per heavy atom. The summed E-state index contributed by atoms with van der Waals surface area (Å²) in [5.74, 6) is -0.205. The molecule has 5 nitrogen and oxygen atoms in total. The number of carboxylic acid groups (broad SMARTS) is 1. The van der Waals surface area contributed by atoms with Crippen molar-refractivity contribution >= 4 is 22.3 Å². The number of aromatic nitrogens is 2. The Kier molecular flexibility index (Phi) is 2.94. The van der Waals surface area contributed by atoms with Gasteiger partial charge >= 0.3 is 5.97 Å². The maximum Gasteiger partial charge on any atom is 0.354 e. The molecule has 102 valence electrons. The largest absolute Gasteiger partial charge is 0.497 e. The lowest BCUT2D eigenvalue weighted by molar-refractivity contribution is 0.0688. The number of aromatic carboxylic acids is 1. The molecule has 1 N–H and O–H groups in total. The van der Waals surface area contributed by atoms with Gasteiger partial charge in [-0.25, -0.2) is 9.78 Å². The van der Waals surface area contributed by atoms with Crippen LogP contribution in [0.5, 0.6) is 5.75 Å². The van der Waals surface area contributed by atoms with Crippen molar-refractivity contribution in [1.29, 1.82) is 0 Å². The van der Waals surface area contributed by atoms with Gasteiger partial charge in [0, 0.05) is 5.38 Å². The maximum absolute atomic E-state index is 11.4. The molecule has 0 saturated carbocycles. The van der Waals surface area contributed by atoms with Crippen LogP contribution in [0.25, 0.3) is 16.2 Å². The highest BCUT2D eigenvalue weighted by atomic mass is 32.1. The summed E-state index contributed by atoms with van der Waals surface area (Å²) in [5.41, 5.74) is 2.49. The molecule has 0 unspecified atom stereocenters. The number of thiazole rings is 1. The van der Waals surface area contributed by atoms with Gasteiger partial charge < -0.3 is 9.84 Å². The minimum atomic E-state index is -0.969. The molecule has 3 aromatic rings. The molecular formula is C14H12N2O3S. The van der Waals surface area contributed by atoms with Crippen molar-refractivity contribution in [3.63, 3.8) is 0 Å². The van der Waals surface area contributed by atoms with E-state index in [4.69, 9.17) is 4.74 Å². The normalized spacial score (nSPS) is 10.9. The summed E-state index contributed by atoms with van der Waals surface area (Å²) in [6, 6.07) is 7.51. The van der Waals surface area contributed by atoms with Crippen LogP contribution in [-0.4, -0.2) is 27.6 Å². The van der Waals surface area contributed by atoms with E-state index in [-0.39, 0.29) is 5.69 Å². The van der Waals surface area contributed by atoms with Gasteiger partial charge in [-0.05, 0) is 36.8 Å². The Balaban J connectivity index is 2.22. The molecule has 0 saturated heterocycles. The topological polar surface area (TPSA) is 63.8 Å². The first kappa shape index (κ1) is 12.7. The molecule has 0 amide bonds. The lowest BCUT2D eigenvalue weighted by Gasteiger charge is -2.04. The second-order valence-corrected chi connectivity index (χ2v) is 5.15. The van der Waals surface area contributed by atoms with Crippen molar-refractivity contribution in [3.8, 4) is 17.0 Å². The van der Waals surface area contributed by atoms with Gasteiger partial charge in [0.1, 0.15) is 5.75 Å². The molecule has 2 aromatic heterocycles. The van der Waals surface area contributed by atoms with Gasteiger partial charge in [0.25, 0.3) is 0 Å². The summed E-state index contributed by atoms with van der Waals surface area (Å²) < 4.78 is 6.81. The number of hydrogen-bond acceptors (Lipinski definition) is 4. The van der Waals surface area contributed by atoms with Crippen LogP contribution in [0.15, 0.2) is 29.6 Å². The fourth-order valence-electron chi connectivity index (χ4n) is 2.18. The van der Waals surface area contributed by atoms with Crippen molar-refractivity contribution in [1.82, 2.24) is 9.38 Å². The van der Waals surface area contributed by atoms with E-state index in [1.54, 1.807) is 18.4 Å². The minimum Gasteiger partial charge on any atom is -0.497 e. The third-order valence-corrected chi connectivity index (χ3v) is 3.95. The van der Waals surface area contributed by atoms with Gasteiger partial charge in [-0.2, -0.15) is 0 Å². The number of carbonyl (C=O) groups is 1. The first-order valence-corrected chi connectivity index (χ1v) is 6.84. The summed E-state index contributed by atoms with van der Waals surface area (Å²) in [4.78, 5) is 16.4. The SMILES string of the molecule is COc1ccc(-c2csc3nc(C)c(C(=O)O)n23)cc1. The van der Waals surface area contributed by atoms with Crippen molar-refractivity contribution in [2.24, 2.45) is 0 Å². The summed E-state index contributed by atoms with van der Waals surface area (Å²) in [6.45, 7) is 1.71. The standard InChI is InChI=1S/C14H12N2O3S/c1-8-12(13(17)18)16-11(7-20-14(16)15-8)9-3-5-10(19-2)6-4-9/h3-7H,1-2H3,(H,17,18). The fourth-order valence-corrected chi connectivity index (χ4v) is 3.12. The van der Waals surface area contributed by atoms with Crippen LogP contribution in [0.3, 0.4) is 0 Å². The molecule has 0 aliphatic carbocycles. The van der Waals surface area contributed by atoms with Crippen molar-refractivity contribution in [2.75, 3.05) is 7.11 Å². The number of benzene rings is 1. The maximum atomic E-state index is 11.4. The van der Waals surface area contributed by atoms with E-state index in [1.165, 1.54) is 11.3 Å². The van der Waals surface area contributed by atoms with E-state index >= 15 is 0 Å². The van der Waals surface area contributed by atoms with Crippen LogP contribution in [0.4, 0.5) is 0 Å². The Hall–Kier alpha value is -2.34. The van der Waals surface area contributed by atoms with E-state index in [1.807, 2.05) is 29.6 Å². The molecule has 6 heteroatoms. The number of carboxylic acids is 1. The first-order valence-electron chi connectivity index (χ1n) is 5.96. The second-order valence-electron chi connectivity index (χ2n) is 4.32. The number of ether oxygens (including phenoxy) is 1. The highest BCUT2D eigenvalue weighted by molar-refractivity contribution is 7.15. The molecule has 0 radical (unpaired) electrons. The van der Waals surface area contributed by atoms with E-state index < -0.39 is 5.97 Å². The molecule has 1 aromatic carbocycles. The first-order chi connectivity index (χ1) is 9.61. The highest BCUT2D eigenvalue weighted by Crippen LogP contribution is 2.29. The van der Waals surface area contributed by atoms with Crippen LogP contribution >= 0.6 is 11.3 Å². The van der Waals surface area contributed by atoms with E-state index in [0.29, 0.717) is 10.7 Å². The average Bonchev–Trinajstić information content (AvgIpc) is 2.96. The Morgan fingerprint density at radius 1 is 1.35 bits per heavy atom. The number of aryl methyl sites for hydroxylation is 1. The molecule has 0 bridgehead atoms. The van der Waals surface area contributed by atoms with Gasteiger partial charge in [0.2, 0.25) is 0 Å². The van der Waals surface area contributed by atoms with E-state index in [9.17, 15) is 9.90 Å². The summed E-state index contributed by atoms with van der Waals surface area (Å²) in [5, 5.41) is 11.3. The molecule has 2 heterocycles. The molecule has 0 aliphatic heterocycles. The van der Waals surface area contributed by atoms with Crippen LogP contribution in [0.2, 0.25) is 0 Å². The number of rotatable bonds is 3. The van der Waals surface area contributed by atoms with E-state index in [0.717, 1.165) is 17.0 Å². The van der Waals surface area contributed by atoms with Gasteiger partial charge in [-0.15, -0.1) is 11.3 Å². The third kappa shape index (κ3) is 1.85. The zero-order valence-corrected chi connectivity index (χ0v) is 11.8. The predicted octanol–water partition coefficient (Wildman–Crippen LogP) is 3.08. The zero-order chi connectivity index (χ0) is 14.3. The van der Waals surface area contributed by atoms with Crippen LogP contribution in [-0.2, 0) is 0 Å². The molecule has 3 rings (SSSR count). The summed E-state index contributed by atoms with van der Waals surface area (Å²) in [7, 11) is 1.61. The van der Waals surface area contributed by atoms with Gasteiger partial charge in [-0.3, -0.25) is 4.40 Å². The van der Waals surface area contributed by atoms with Crippen molar-refractivity contribution in [2.45, 2.75) is 6.92 Å². The van der Waals surface area contributed by atoms with Crippen LogP contribution in [0, 0.1) is 6.92 Å². The molecule has 20 heavy (non-hydrogen) atoms. The molecule has 0 fully saturated rings. The number of nitrogens with zero attached hydrogens (tertiary/aromatic N) is 2. The monoisotopic (exact) mass is 288 g/mol. The number of imidazole rings is 1. The summed E-state index contributed by atoms with van der Waals surface area (Å²) >= 11 is 1.43. The number of hydrogen-bond donors (Lipinski definition) is 1. The Morgan fingerprint density at radius 3 is 2.65 bits per heavy atom.